The summed E-state index contributed by atoms with van der Waals surface area (Å²) < 4.78 is 22.5. The summed E-state index contributed by atoms with van der Waals surface area (Å²) in [4.78, 5) is 12.4. The molecule has 0 radical (unpaired) electrons. The van der Waals surface area contributed by atoms with Gasteiger partial charge in [-0.3, -0.25) is 4.79 Å². The number of nitrogens with two attached hydrogens (primary N) is 1. The van der Waals surface area contributed by atoms with Crippen LogP contribution in [0.1, 0.15) is 12.8 Å². The van der Waals surface area contributed by atoms with Crippen LogP contribution in [-0.2, 0) is 14.6 Å². The summed E-state index contributed by atoms with van der Waals surface area (Å²) in [6.07, 6.45) is 0.962. The van der Waals surface area contributed by atoms with E-state index >= 15 is 0 Å². The van der Waals surface area contributed by atoms with Crippen molar-refractivity contribution in [3.8, 4) is 0 Å². The quantitative estimate of drug-likeness (QED) is 0.643. The molecule has 0 aromatic heterocycles. The Morgan fingerprint density at radius 2 is 2.25 bits per heavy atom. The zero-order valence-electron chi connectivity index (χ0n) is 9.30. The summed E-state index contributed by atoms with van der Waals surface area (Å²) in [5, 5.41) is 8.60. The van der Waals surface area contributed by atoms with Crippen molar-refractivity contribution in [1.82, 2.24) is 4.90 Å². The Bertz CT molecular complexity index is 355. The largest absolute Gasteiger partial charge is 0.480 e. The summed E-state index contributed by atoms with van der Waals surface area (Å²) in [6.45, 7) is 0.508. The summed E-state index contributed by atoms with van der Waals surface area (Å²) in [5.74, 6) is -0.619. The third-order valence-corrected chi connectivity index (χ3v) is 4.69. The van der Waals surface area contributed by atoms with Crippen molar-refractivity contribution in [1.29, 1.82) is 0 Å². The van der Waals surface area contributed by atoms with Crippen LogP contribution in [0.25, 0.3) is 0 Å². The fraction of sp³-hybridized carbons (Fsp3) is 0.889. The molecular formula is C9H18N2O4S. The smallest absolute Gasteiger partial charge is 0.320 e. The Kier molecular flexibility index (Phi) is 4.28. The predicted molar refractivity (Wildman–Crippen MR) is 59.9 cm³/mol. The molecule has 1 aliphatic rings. The lowest BCUT2D eigenvalue weighted by atomic mass is 10.2. The highest BCUT2D eigenvalue weighted by Crippen LogP contribution is 2.16. The van der Waals surface area contributed by atoms with Crippen molar-refractivity contribution < 1.29 is 18.3 Å². The molecule has 0 aromatic rings. The third kappa shape index (κ3) is 3.73. The van der Waals surface area contributed by atoms with Gasteiger partial charge in [0.25, 0.3) is 0 Å². The highest BCUT2D eigenvalue weighted by Gasteiger charge is 2.30. The number of hydrogen-bond donors (Lipinski definition) is 2. The van der Waals surface area contributed by atoms with Crippen molar-refractivity contribution in [2.75, 3.05) is 25.1 Å². The zero-order valence-corrected chi connectivity index (χ0v) is 10.1. The van der Waals surface area contributed by atoms with Gasteiger partial charge in [0.05, 0.1) is 11.5 Å². The molecular weight excluding hydrogens is 232 g/mol. The monoisotopic (exact) mass is 250 g/mol. The Morgan fingerprint density at radius 1 is 1.62 bits per heavy atom. The van der Waals surface area contributed by atoms with Crippen molar-refractivity contribution in [3.63, 3.8) is 0 Å². The van der Waals surface area contributed by atoms with Crippen molar-refractivity contribution in [3.05, 3.63) is 0 Å². The van der Waals surface area contributed by atoms with Crippen LogP contribution in [0, 0.1) is 0 Å². The molecule has 1 saturated heterocycles. The molecule has 1 heterocycles. The minimum absolute atomic E-state index is 0.00555. The van der Waals surface area contributed by atoms with Crippen LogP contribution in [0.2, 0.25) is 0 Å². The van der Waals surface area contributed by atoms with Gasteiger partial charge in [0.1, 0.15) is 6.04 Å². The molecule has 7 heteroatoms. The topological polar surface area (TPSA) is 101 Å². The first-order chi connectivity index (χ1) is 7.32. The van der Waals surface area contributed by atoms with Gasteiger partial charge in [-0.2, -0.15) is 0 Å². The number of sulfone groups is 1. The van der Waals surface area contributed by atoms with Crippen molar-refractivity contribution in [2.24, 2.45) is 5.73 Å². The van der Waals surface area contributed by atoms with E-state index in [9.17, 15) is 13.2 Å². The van der Waals surface area contributed by atoms with Crippen LogP contribution < -0.4 is 5.73 Å². The van der Waals surface area contributed by atoms with Gasteiger partial charge in [-0.05, 0) is 19.9 Å². The lowest BCUT2D eigenvalue weighted by molar-refractivity contribution is -0.138. The molecule has 0 aromatic carbocycles. The minimum Gasteiger partial charge on any atom is -0.480 e. The molecule has 3 N–H and O–H groups in total. The number of nitrogens with zero attached hydrogens (tertiary/aromatic N) is 1. The fourth-order valence-electron chi connectivity index (χ4n) is 1.77. The lowest BCUT2D eigenvalue weighted by Gasteiger charge is -2.23. The molecule has 0 aliphatic carbocycles. The van der Waals surface area contributed by atoms with E-state index in [0.717, 1.165) is 0 Å². The van der Waals surface area contributed by atoms with Crippen molar-refractivity contribution >= 4 is 15.8 Å². The first-order valence-corrected chi connectivity index (χ1v) is 7.03. The molecule has 0 saturated carbocycles. The van der Waals surface area contributed by atoms with Gasteiger partial charge in [0.15, 0.2) is 9.84 Å². The maximum Gasteiger partial charge on any atom is 0.320 e. The molecule has 1 rings (SSSR count). The molecule has 1 aliphatic heterocycles. The normalized spacial score (nSPS) is 25.8. The first kappa shape index (κ1) is 13.4. The molecule has 6 nitrogen and oxygen atoms in total. The minimum atomic E-state index is -2.88. The SMILES string of the molecule is CN(CCC(N)C(=O)O)C1CCS(=O)(=O)C1. The summed E-state index contributed by atoms with van der Waals surface area (Å²) >= 11 is 0. The molecule has 16 heavy (non-hydrogen) atoms. The van der Waals surface area contributed by atoms with Crippen LogP contribution in [0.3, 0.4) is 0 Å². The number of hydrogen-bond acceptors (Lipinski definition) is 5. The standard InChI is InChI=1S/C9H18N2O4S/c1-11(4-2-8(10)9(12)13)7-3-5-16(14,15)6-7/h7-8H,2-6,10H2,1H3,(H,12,13). The highest BCUT2D eigenvalue weighted by atomic mass is 32.2. The van der Waals surface area contributed by atoms with Crippen LogP contribution in [0.15, 0.2) is 0 Å². The van der Waals surface area contributed by atoms with Gasteiger partial charge in [0, 0.05) is 12.6 Å². The van der Waals surface area contributed by atoms with Crippen LogP contribution in [-0.4, -0.2) is 61.6 Å². The molecule has 1 fully saturated rings. The number of carboxylic acid groups (broad SMARTS) is 1. The van der Waals surface area contributed by atoms with E-state index in [2.05, 4.69) is 0 Å². The van der Waals surface area contributed by atoms with Crippen LogP contribution in [0.4, 0.5) is 0 Å². The Labute approximate surface area is 95.3 Å². The van der Waals surface area contributed by atoms with Gasteiger partial charge >= 0.3 is 5.97 Å². The van der Waals surface area contributed by atoms with Gasteiger partial charge in [-0.1, -0.05) is 0 Å². The molecule has 0 bridgehead atoms. The maximum absolute atomic E-state index is 11.2. The van der Waals surface area contributed by atoms with Crippen molar-refractivity contribution in [2.45, 2.75) is 24.9 Å². The first-order valence-electron chi connectivity index (χ1n) is 5.21. The van der Waals surface area contributed by atoms with Gasteiger partial charge in [-0.25, -0.2) is 8.42 Å². The van der Waals surface area contributed by atoms with Gasteiger partial charge in [-0.15, -0.1) is 0 Å². The van der Waals surface area contributed by atoms with E-state index in [-0.39, 0.29) is 17.5 Å². The molecule has 2 unspecified atom stereocenters. The van der Waals surface area contributed by atoms with E-state index < -0.39 is 21.8 Å². The number of rotatable bonds is 5. The number of aliphatic carboxylic acids is 1. The van der Waals surface area contributed by atoms with E-state index in [1.54, 1.807) is 7.05 Å². The predicted octanol–water partition coefficient (Wildman–Crippen LogP) is -1.09. The second-order valence-electron chi connectivity index (χ2n) is 4.27. The Hall–Kier alpha value is -0.660. The molecule has 0 amide bonds. The van der Waals surface area contributed by atoms with E-state index in [1.165, 1.54) is 0 Å². The Balaban J connectivity index is 2.37. The summed E-state index contributed by atoms with van der Waals surface area (Å²) in [7, 11) is -1.08. The summed E-state index contributed by atoms with van der Waals surface area (Å²) in [5.41, 5.74) is 5.37. The molecule has 0 spiro atoms. The van der Waals surface area contributed by atoms with Gasteiger partial charge in [0.2, 0.25) is 0 Å². The molecule has 94 valence electrons. The third-order valence-electron chi connectivity index (χ3n) is 2.94. The average Bonchev–Trinajstić information content (AvgIpc) is 2.54. The van der Waals surface area contributed by atoms with Crippen LogP contribution in [0.5, 0.6) is 0 Å². The van der Waals surface area contributed by atoms with E-state index in [1.807, 2.05) is 4.90 Å². The van der Waals surface area contributed by atoms with Crippen LogP contribution >= 0.6 is 0 Å². The fourth-order valence-corrected chi connectivity index (χ4v) is 3.58. The Morgan fingerprint density at radius 3 is 2.69 bits per heavy atom. The van der Waals surface area contributed by atoms with E-state index in [4.69, 9.17) is 10.8 Å². The number of carbonyl (C=O) groups is 1. The van der Waals surface area contributed by atoms with E-state index in [0.29, 0.717) is 19.4 Å². The second-order valence-corrected chi connectivity index (χ2v) is 6.50. The molecule has 2 atom stereocenters. The zero-order chi connectivity index (χ0) is 12.3. The maximum atomic E-state index is 11.2. The second kappa shape index (κ2) is 5.11. The average molecular weight is 250 g/mol. The highest BCUT2D eigenvalue weighted by molar-refractivity contribution is 7.91. The van der Waals surface area contributed by atoms with Gasteiger partial charge < -0.3 is 15.7 Å². The lowest BCUT2D eigenvalue weighted by Crippen LogP contribution is -2.38. The summed E-state index contributed by atoms with van der Waals surface area (Å²) in [6, 6.07) is -0.869. The number of carboxylic acids is 1.